The van der Waals surface area contributed by atoms with E-state index in [2.05, 4.69) is 10.1 Å². The summed E-state index contributed by atoms with van der Waals surface area (Å²) in [5, 5.41) is 3.38. The second-order valence-corrected chi connectivity index (χ2v) is 4.94. The van der Waals surface area contributed by atoms with E-state index < -0.39 is 0 Å². The van der Waals surface area contributed by atoms with E-state index in [1.54, 1.807) is 18.3 Å². The summed E-state index contributed by atoms with van der Waals surface area (Å²) >= 11 is 6.14. The van der Waals surface area contributed by atoms with Gasteiger partial charge in [-0.2, -0.15) is 0 Å². The number of benzene rings is 1. The van der Waals surface area contributed by atoms with Crippen LogP contribution in [0.5, 0.6) is 0 Å². The summed E-state index contributed by atoms with van der Waals surface area (Å²) in [5.74, 6) is 1.04. The average Bonchev–Trinajstić information content (AvgIpc) is 2.98. The zero-order valence-electron chi connectivity index (χ0n) is 10.2. The highest BCUT2D eigenvalue weighted by Crippen LogP contribution is 2.26. The lowest BCUT2D eigenvalue weighted by molar-refractivity contribution is 0.376. The number of alkyl halides is 1. The Labute approximate surface area is 113 Å². The fourth-order valence-electron chi connectivity index (χ4n) is 2.06. The quantitative estimate of drug-likeness (QED) is 0.689. The van der Waals surface area contributed by atoms with Gasteiger partial charge in [0, 0.05) is 6.07 Å². The molecule has 0 amide bonds. The van der Waals surface area contributed by atoms with E-state index in [1.165, 1.54) is 12.1 Å². The molecule has 2 heterocycles. The van der Waals surface area contributed by atoms with Crippen LogP contribution in [0.2, 0.25) is 0 Å². The van der Waals surface area contributed by atoms with E-state index in [0.717, 1.165) is 0 Å². The molecular weight excluding hydrogens is 269 g/mol. The molecule has 3 rings (SSSR count). The zero-order chi connectivity index (χ0) is 13.4. The maximum absolute atomic E-state index is 13.4. The van der Waals surface area contributed by atoms with Crippen molar-refractivity contribution in [1.29, 1.82) is 0 Å². The number of imidazole rings is 1. The van der Waals surface area contributed by atoms with Gasteiger partial charge >= 0.3 is 0 Å². The fourth-order valence-corrected chi connectivity index (χ4v) is 2.23. The van der Waals surface area contributed by atoms with Crippen LogP contribution in [0.25, 0.3) is 11.0 Å². The Morgan fingerprint density at radius 3 is 2.95 bits per heavy atom. The topological polar surface area (TPSA) is 43.9 Å². The summed E-state index contributed by atoms with van der Waals surface area (Å²) in [6, 6.07) is 6.23. The lowest BCUT2D eigenvalue weighted by atomic mass is 10.3. The van der Waals surface area contributed by atoms with Crippen molar-refractivity contribution in [3.8, 4) is 0 Å². The monoisotopic (exact) mass is 279 g/mol. The number of halogens is 2. The summed E-state index contributed by atoms with van der Waals surface area (Å²) in [5.41, 5.74) is 1.40. The number of rotatable bonds is 3. The normalized spacial score (nSPS) is 13.0. The van der Waals surface area contributed by atoms with Crippen LogP contribution < -0.4 is 0 Å². The summed E-state index contributed by atoms with van der Waals surface area (Å²) < 4.78 is 20.3. The zero-order valence-corrected chi connectivity index (χ0v) is 10.9. The molecule has 0 saturated heterocycles. The highest BCUT2D eigenvalue weighted by Gasteiger charge is 2.16. The van der Waals surface area contributed by atoms with Crippen LogP contribution in [0, 0.1) is 5.82 Å². The molecule has 0 radical (unpaired) electrons. The van der Waals surface area contributed by atoms with Crippen molar-refractivity contribution in [1.82, 2.24) is 14.7 Å². The second kappa shape index (κ2) is 4.66. The summed E-state index contributed by atoms with van der Waals surface area (Å²) in [7, 11) is 0. The Morgan fingerprint density at radius 1 is 1.42 bits per heavy atom. The Morgan fingerprint density at radius 2 is 2.26 bits per heavy atom. The van der Waals surface area contributed by atoms with E-state index in [4.69, 9.17) is 16.1 Å². The van der Waals surface area contributed by atoms with E-state index in [9.17, 15) is 4.39 Å². The number of fused-ring (bicyclic) bond motifs is 1. The third-order valence-electron chi connectivity index (χ3n) is 2.90. The highest BCUT2D eigenvalue weighted by atomic mass is 35.5. The van der Waals surface area contributed by atoms with Gasteiger partial charge in [0.25, 0.3) is 0 Å². The molecule has 0 bridgehead atoms. The Hall–Kier alpha value is -1.88. The first kappa shape index (κ1) is 12.2. The number of hydrogen-bond acceptors (Lipinski definition) is 3. The molecule has 1 aromatic carbocycles. The van der Waals surface area contributed by atoms with Gasteiger partial charge in [-0.25, -0.2) is 9.37 Å². The molecule has 6 heteroatoms. The van der Waals surface area contributed by atoms with Gasteiger partial charge in [-0.15, -0.1) is 11.6 Å². The van der Waals surface area contributed by atoms with Gasteiger partial charge in [0.1, 0.15) is 11.6 Å². The van der Waals surface area contributed by atoms with Crippen molar-refractivity contribution < 1.29 is 8.91 Å². The smallest absolute Gasteiger partial charge is 0.156 e. The van der Waals surface area contributed by atoms with Gasteiger partial charge < -0.3 is 9.09 Å². The molecule has 2 aromatic heterocycles. The Kier molecular flexibility index (Phi) is 2.98. The van der Waals surface area contributed by atoms with Crippen molar-refractivity contribution in [3.05, 3.63) is 47.9 Å². The molecule has 0 saturated carbocycles. The van der Waals surface area contributed by atoms with Crippen molar-refractivity contribution in [3.63, 3.8) is 0 Å². The molecule has 4 nitrogen and oxygen atoms in total. The Bertz CT molecular complexity index is 706. The van der Waals surface area contributed by atoms with Crippen molar-refractivity contribution in [2.75, 3.05) is 0 Å². The molecule has 1 unspecified atom stereocenters. The minimum absolute atomic E-state index is 0.279. The van der Waals surface area contributed by atoms with E-state index in [0.29, 0.717) is 29.2 Å². The lowest BCUT2D eigenvalue weighted by Gasteiger charge is -2.08. The minimum Gasteiger partial charge on any atom is -0.359 e. The van der Waals surface area contributed by atoms with E-state index >= 15 is 0 Å². The third-order valence-corrected chi connectivity index (χ3v) is 3.10. The standard InChI is InChI=1S/C13H11ClFN3O/c1-8(14)13-17-11-3-2-9(15)6-12(11)18(13)7-10-4-5-16-19-10/h2-6,8H,7H2,1H3. The number of aromatic nitrogens is 3. The maximum Gasteiger partial charge on any atom is 0.156 e. The van der Waals surface area contributed by atoms with Crippen LogP contribution in [0.1, 0.15) is 23.9 Å². The van der Waals surface area contributed by atoms with E-state index in [-0.39, 0.29) is 11.2 Å². The molecular formula is C13H11ClFN3O. The summed E-state index contributed by atoms with van der Waals surface area (Å²) in [6.07, 6.45) is 1.57. The lowest BCUT2D eigenvalue weighted by Crippen LogP contribution is -2.05. The van der Waals surface area contributed by atoms with Crippen molar-refractivity contribution in [2.24, 2.45) is 0 Å². The van der Waals surface area contributed by atoms with Gasteiger partial charge in [0.05, 0.1) is 29.2 Å². The first-order valence-electron chi connectivity index (χ1n) is 5.84. The molecule has 19 heavy (non-hydrogen) atoms. The average molecular weight is 280 g/mol. The molecule has 0 aliphatic rings. The Balaban J connectivity index is 2.18. The first-order valence-corrected chi connectivity index (χ1v) is 6.28. The molecule has 98 valence electrons. The molecule has 0 N–H and O–H groups in total. The van der Waals surface area contributed by atoms with Crippen LogP contribution in [-0.4, -0.2) is 14.7 Å². The molecule has 0 aliphatic carbocycles. The summed E-state index contributed by atoms with van der Waals surface area (Å²) in [4.78, 5) is 4.44. The molecule has 0 aliphatic heterocycles. The highest BCUT2D eigenvalue weighted by molar-refractivity contribution is 6.20. The number of nitrogens with zero attached hydrogens (tertiary/aromatic N) is 3. The first-order chi connectivity index (χ1) is 9.15. The third kappa shape index (κ3) is 2.21. The molecule has 3 aromatic rings. The van der Waals surface area contributed by atoms with Crippen LogP contribution in [0.15, 0.2) is 35.0 Å². The van der Waals surface area contributed by atoms with Crippen LogP contribution in [0.4, 0.5) is 4.39 Å². The van der Waals surface area contributed by atoms with Gasteiger partial charge in [-0.05, 0) is 25.1 Å². The summed E-state index contributed by atoms with van der Waals surface area (Å²) in [6.45, 7) is 2.25. The SMILES string of the molecule is CC(Cl)c1nc2ccc(F)cc2n1Cc1ccno1. The fraction of sp³-hybridized carbons (Fsp3) is 0.231. The van der Waals surface area contributed by atoms with Crippen molar-refractivity contribution in [2.45, 2.75) is 18.8 Å². The predicted octanol–water partition coefficient (Wildman–Crippen LogP) is 3.51. The van der Waals surface area contributed by atoms with Gasteiger partial charge in [-0.3, -0.25) is 0 Å². The molecule has 0 fully saturated rings. The largest absolute Gasteiger partial charge is 0.359 e. The van der Waals surface area contributed by atoms with E-state index in [1.807, 2.05) is 11.5 Å². The van der Waals surface area contributed by atoms with Crippen LogP contribution >= 0.6 is 11.6 Å². The van der Waals surface area contributed by atoms with Gasteiger partial charge in [0.2, 0.25) is 0 Å². The predicted molar refractivity (Wildman–Crippen MR) is 69.6 cm³/mol. The second-order valence-electron chi connectivity index (χ2n) is 4.28. The van der Waals surface area contributed by atoms with Crippen molar-refractivity contribution >= 4 is 22.6 Å². The molecule has 0 spiro atoms. The molecule has 1 atom stereocenters. The van der Waals surface area contributed by atoms with Gasteiger partial charge in [-0.1, -0.05) is 5.16 Å². The van der Waals surface area contributed by atoms with Crippen LogP contribution in [0.3, 0.4) is 0 Å². The van der Waals surface area contributed by atoms with Crippen LogP contribution in [-0.2, 0) is 6.54 Å². The number of hydrogen-bond donors (Lipinski definition) is 0. The van der Waals surface area contributed by atoms with Gasteiger partial charge in [0.15, 0.2) is 5.76 Å². The maximum atomic E-state index is 13.4. The minimum atomic E-state index is -0.306.